The van der Waals surface area contributed by atoms with Crippen molar-refractivity contribution in [2.75, 3.05) is 0 Å². The lowest BCUT2D eigenvalue weighted by Crippen LogP contribution is -2.23. The summed E-state index contributed by atoms with van der Waals surface area (Å²) < 4.78 is 5.39. The van der Waals surface area contributed by atoms with Crippen molar-refractivity contribution in [3.05, 3.63) is 35.9 Å². The highest BCUT2D eigenvalue weighted by atomic mass is 16.5. The molecule has 2 heteroatoms. The molecule has 13 heavy (non-hydrogen) atoms. The van der Waals surface area contributed by atoms with Crippen molar-refractivity contribution in [1.29, 1.82) is 5.41 Å². The Morgan fingerprint density at radius 3 is 2.62 bits per heavy atom. The van der Waals surface area contributed by atoms with Crippen molar-refractivity contribution in [2.24, 2.45) is 0 Å². The fourth-order valence-corrected chi connectivity index (χ4v) is 0.900. The molecule has 0 aromatic heterocycles. The molecule has 0 unspecified atom stereocenters. The second-order valence-electron chi connectivity index (χ2n) is 3.84. The smallest absolute Gasteiger partial charge is 0.213 e. The molecule has 1 N–H and O–H groups in total. The molecule has 0 atom stereocenters. The molecule has 0 aliphatic heterocycles. The maximum absolute atomic E-state index is 7.64. The largest absolute Gasteiger partial charge is 0.472 e. The molecule has 1 rings (SSSR count). The first-order chi connectivity index (χ1) is 5.99. The first kappa shape index (κ1) is 9.78. The number of hydrogen-bond acceptors (Lipinski definition) is 2. The molecule has 1 radical (unpaired) electrons. The van der Waals surface area contributed by atoms with E-state index in [2.05, 4.69) is 6.07 Å². The topological polar surface area (TPSA) is 33.1 Å². The molecule has 1 aromatic rings. The average molecular weight is 176 g/mol. The van der Waals surface area contributed by atoms with Gasteiger partial charge in [0.25, 0.3) is 0 Å². The summed E-state index contributed by atoms with van der Waals surface area (Å²) in [5.41, 5.74) is 0.449. The van der Waals surface area contributed by atoms with Crippen LogP contribution in [-0.2, 0) is 4.74 Å². The Bertz CT molecular complexity index is 285. The molecule has 0 amide bonds. The van der Waals surface area contributed by atoms with E-state index in [1.165, 1.54) is 0 Å². The van der Waals surface area contributed by atoms with Gasteiger partial charge in [-0.25, -0.2) is 0 Å². The summed E-state index contributed by atoms with van der Waals surface area (Å²) >= 11 is 0. The SMILES string of the molecule is CC(C)(C)OC(=N)c1c[c]ccc1. The molecule has 69 valence electrons. The van der Waals surface area contributed by atoms with Crippen molar-refractivity contribution < 1.29 is 4.74 Å². The maximum Gasteiger partial charge on any atom is 0.213 e. The standard InChI is InChI=1S/C11H14NO/c1-11(2,3)13-10(12)9-7-5-4-6-8-9/h4-5,7-8,12H,1-3H3. The van der Waals surface area contributed by atoms with Gasteiger partial charge in [-0.1, -0.05) is 12.1 Å². The Kier molecular flexibility index (Phi) is 2.71. The summed E-state index contributed by atoms with van der Waals surface area (Å²) in [5, 5.41) is 7.64. The van der Waals surface area contributed by atoms with E-state index in [4.69, 9.17) is 10.1 Å². The molecular formula is C11H14NO. The summed E-state index contributed by atoms with van der Waals surface area (Å²) in [7, 11) is 0. The van der Waals surface area contributed by atoms with Crippen LogP contribution in [0.15, 0.2) is 24.3 Å². The number of benzene rings is 1. The van der Waals surface area contributed by atoms with E-state index in [-0.39, 0.29) is 11.5 Å². The van der Waals surface area contributed by atoms with E-state index in [9.17, 15) is 0 Å². The molecular weight excluding hydrogens is 162 g/mol. The van der Waals surface area contributed by atoms with Gasteiger partial charge in [-0.05, 0) is 39.0 Å². The zero-order chi connectivity index (χ0) is 9.90. The van der Waals surface area contributed by atoms with Crippen LogP contribution < -0.4 is 0 Å². The Hall–Kier alpha value is -1.31. The molecule has 0 saturated carbocycles. The van der Waals surface area contributed by atoms with Gasteiger partial charge >= 0.3 is 0 Å². The van der Waals surface area contributed by atoms with E-state index >= 15 is 0 Å². The summed E-state index contributed by atoms with van der Waals surface area (Å²) in [4.78, 5) is 0. The quantitative estimate of drug-likeness (QED) is 0.518. The predicted octanol–water partition coefficient (Wildman–Crippen LogP) is 2.63. The fraction of sp³-hybridized carbons (Fsp3) is 0.364. The van der Waals surface area contributed by atoms with Gasteiger partial charge in [-0.15, -0.1) is 0 Å². The zero-order valence-electron chi connectivity index (χ0n) is 8.22. The van der Waals surface area contributed by atoms with Gasteiger partial charge in [0, 0.05) is 5.56 Å². The van der Waals surface area contributed by atoms with Crippen molar-refractivity contribution in [3.8, 4) is 0 Å². The molecule has 0 fully saturated rings. The number of hydrogen-bond donors (Lipinski definition) is 1. The molecule has 0 heterocycles. The van der Waals surface area contributed by atoms with Crippen LogP contribution >= 0.6 is 0 Å². The normalized spacial score (nSPS) is 11.0. The first-order valence-electron chi connectivity index (χ1n) is 4.23. The lowest BCUT2D eigenvalue weighted by molar-refractivity contribution is 0.116. The minimum absolute atomic E-state index is 0.198. The first-order valence-corrected chi connectivity index (χ1v) is 4.23. The zero-order valence-corrected chi connectivity index (χ0v) is 8.22. The van der Waals surface area contributed by atoms with E-state index in [1.54, 1.807) is 12.1 Å². The maximum atomic E-state index is 7.64. The lowest BCUT2D eigenvalue weighted by Gasteiger charge is -2.21. The summed E-state index contributed by atoms with van der Waals surface area (Å²) in [6.45, 7) is 5.77. The molecule has 0 saturated heterocycles. The number of ether oxygens (including phenoxy) is 1. The number of rotatable bonds is 1. The van der Waals surface area contributed by atoms with Crippen molar-refractivity contribution in [1.82, 2.24) is 0 Å². The molecule has 2 nitrogen and oxygen atoms in total. The molecule has 1 aromatic carbocycles. The summed E-state index contributed by atoms with van der Waals surface area (Å²) in [6.07, 6.45) is 0. The highest BCUT2D eigenvalue weighted by Crippen LogP contribution is 2.11. The van der Waals surface area contributed by atoms with E-state index in [1.807, 2.05) is 32.9 Å². The van der Waals surface area contributed by atoms with E-state index in [0.29, 0.717) is 0 Å². The third-order valence-electron chi connectivity index (χ3n) is 1.38. The van der Waals surface area contributed by atoms with Crippen LogP contribution in [0.5, 0.6) is 0 Å². The van der Waals surface area contributed by atoms with Crippen molar-refractivity contribution in [3.63, 3.8) is 0 Å². The minimum atomic E-state index is -0.313. The molecule has 0 aliphatic carbocycles. The predicted molar refractivity (Wildman–Crippen MR) is 52.9 cm³/mol. The highest BCUT2D eigenvalue weighted by Gasteiger charge is 2.14. The van der Waals surface area contributed by atoms with Crippen molar-refractivity contribution >= 4 is 5.90 Å². The molecule has 0 spiro atoms. The molecule has 0 aliphatic rings. The van der Waals surface area contributed by atoms with Gasteiger partial charge in [0.15, 0.2) is 0 Å². The lowest BCUT2D eigenvalue weighted by atomic mass is 10.1. The average Bonchev–Trinajstić information content (AvgIpc) is 2.03. The van der Waals surface area contributed by atoms with Crippen LogP contribution in [0.3, 0.4) is 0 Å². The second kappa shape index (κ2) is 3.60. The summed E-state index contributed by atoms with van der Waals surface area (Å²) in [6, 6.07) is 10.1. The minimum Gasteiger partial charge on any atom is -0.472 e. The van der Waals surface area contributed by atoms with Gasteiger partial charge in [-0.3, -0.25) is 5.41 Å². The summed E-state index contributed by atoms with van der Waals surface area (Å²) in [5.74, 6) is 0.198. The second-order valence-corrected chi connectivity index (χ2v) is 3.84. The van der Waals surface area contributed by atoms with E-state index < -0.39 is 0 Å². The van der Waals surface area contributed by atoms with Gasteiger partial charge < -0.3 is 4.74 Å². The Morgan fingerprint density at radius 1 is 1.46 bits per heavy atom. The van der Waals surface area contributed by atoms with Crippen LogP contribution in [0.25, 0.3) is 0 Å². The van der Waals surface area contributed by atoms with Crippen LogP contribution in [0.2, 0.25) is 0 Å². The monoisotopic (exact) mass is 176 g/mol. The van der Waals surface area contributed by atoms with Gasteiger partial charge in [0.05, 0.1) is 0 Å². The third kappa shape index (κ3) is 3.28. The third-order valence-corrected chi connectivity index (χ3v) is 1.38. The Balaban J connectivity index is 2.71. The molecule has 0 bridgehead atoms. The van der Waals surface area contributed by atoms with Crippen LogP contribution in [0.4, 0.5) is 0 Å². The van der Waals surface area contributed by atoms with Gasteiger partial charge in [-0.2, -0.15) is 0 Å². The van der Waals surface area contributed by atoms with E-state index in [0.717, 1.165) is 5.56 Å². The Labute approximate surface area is 79.1 Å². The van der Waals surface area contributed by atoms with Gasteiger partial charge in [0.2, 0.25) is 5.90 Å². The van der Waals surface area contributed by atoms with Crippen LogP contribution in [0, 0.1) is 11.5 Å². The van der Waals surface area contributed by atoms with Crippen LogP contribution in [-0.4, -0.2) is 11.5 Å². The van der Waals surface area contributed by atoms with Crippen LogP contribution in [0.1, 0.15) is 26.3 Å². The Morgan fingerprint density at radius 2 is 2.15 bits per heavy atom. The number of nitrogens with one attached hydrogen (secondary N) is 1. The highest BCUT2D eigenvalue weighted by molar-refractivity contribution is 5.91. The van der Waals surface area contributed by atoms with Gasteiger partial charge in [0.1, 0.15) is 5.60 Å². The fourth-order valence-electron chi connectivity index (χ4n) is 0.900. The van der Waals surface area contributed by atoms with Crippen molar-refractivity contribution in [2.45, 2.75) is 26.4 Å².